The van der Waals surface area contributed by atoms with Crippen molar-refractivity contribution in [3.63, 3.8) is 0 Å². The zero-order valence-corrected chi connectivity index (χ0v) is 10.1. The number of sulfonamides is 1. The van der Waals surface area contributed by atoms with Crippen molar-refractivity contribution in [2.45, 2.75) is 51.8 Å². The molecule has 0 aliphatic rings. The standard InChI is InChI=1S/C8H19NO2S.Li.H/c1-5-7(3)9-12(10,11)8(4)6-2;;/h7-9H,5-6H2,1-4H3;;/q;+1;-1. The Labute approximate surface area is 95.4 Å². The summed E-state index contributed by atoms with van der Waals surface area (Å²) in [6.07, 6.45) is 1.49. The molecule has 0 spiro atoms. The Kier molecular flexibility index (Phi) is 8.45. The van der Waals surface area contributed by atoms with Gasteiger partial charge in [-0.25, -0.2) is 13.1 Å². The van der Waals surface area contributed by atoms with Gasteiger partial charge in [-0.15, -0.1) is 0 Å². The first kappa shape index (κ1) is 16.0. The molecule has 0 saturated heterocycles. The zero-order valence-electron chi connectivity index (χ0n) is 10.3. The molecule has 2 atom stereocenters. The fourth-order valence-electron chi connectivity index (χ4n) is 0.699. The number of hydrogen-bond donors (Lipinski definition) is 1. The molecule has 3 nitrogen and oxygen atoms in total. The second kappa shape index (κ2) is 6.89. The summed E-state index contributed by atoms with van der Waals surface area (Å²) in [6, 6.07) is 0.0454. The molecule has 5 heteroatoms. The van der Waals surface area contributed by atoms with Crippen LogP contribution in [0, 0.1) is 0 Å². The molecule has 0 radical (unpaired) electrons. The maximum Gasteiger partial charge on any atom is 1.00 e. The molecule has 0 aromatic heterocycles. The van der Waals surface area contributed by atoms with E-state index in [9.17, 15) is 8.42 Å². The van der Waals surface area contributed by atoms with Crippen LogP contribution >= 0.6 is 0 Å². The normalized spacial score (nSPS) is 16.0. The van der Waals surface area contributed by atoms with Gasteiger partial charge in [-0.05, 0) is 26.7 Å². The molecule has 0 fully saturated rings. The fraction of sp³-hybridized carbons (Fsp3) is 1.00. The summed E-state index contributed by atoms with van der Waals surface area (Å²) >= 11 is 0. The first-order chi connectivity index (χ1) is 5.44. The van der Waals surface area contributed by atoms with Crippen LogP contribution in [-0.2, 0) is 10.0 Å². The SMILES string of the molecule is CCC(C)NS(=O)(=O)C(C)CC.[H-].[Li+]. The molecule has 0 aliphatic carbocycles. The van der Waals surface area contributed by atoms with E-state index in [4.69, 9.17) is 0 Å². The maximum atomic E-state index is 11.4. The Hall–Kier alpha value is 0.507. The summed E-state index contributed by atoms with van der Waals surface area (Å²) in [5, 5.41) is -0.286. The van der Waals surface area contributed by atoms with Crippen LogP contribution in [0.25, 0.3) is 0 Å². The molecule has 0 aliphatic heterocycles. The van der Waals surface area contributed by atoms with E-state index in [1.165, 1.54) is 0 Å². The second-order valence-electron chi connectivity index (χ2n) is 3.19. The molecule has 0 saturated carbocycles. The molecule has 2 unspecified atom stereocenters. The van der Waals surface area contributed by atoms with Gasteiger partial charge in [0.2, 0.25) is 10.0 Å². The van der Waals surface area contributed by atoms with Crippen LogP contribution < -0.4 is 23.6 Å². The molecule has 0 aromatic rings. The molecular weight excluding hydrogens is 181 g/mol. The van der Waals surface area contributed by atoms with Crippen molar-refractivity contribution in [3.05, 3.63) is 0 Å². The van der Waals surface area contributed by atoms with Gasteiger partial charge in [0.1, 0.15) is 0 Å². The Morgan fingerprint density at radius 3 is 2.00 bits per heavy atom. The van der Waals surface area contributed by atoms with Crippen LogP contribution in [0.5, 0.6) is 0 Å². The third-order valence-electron chi connectivity index (χ3n) is 2.08. The third-order valence-corrected chi connectivity index (χ3v) is 4.21. The van der Waals surface area contributed by atoms with Crippen molar-refractivity contribution in [2.24, 2.45) is 0 Å². The maximum absolute atomic E-state index is 11.4. The quantitative estimate of drug-likeness (QED) is 0.557. The Morgan fingerprint density at radius 1 is 1.23 bits per heavy atom. The zero-order chi connectivity index (χ0) is 9.78. The average molecular weight is 201 g/mol. The Balaban J connectivity index is -0.000000605. The van der Waals surface area contributed by atoms with Crippen molar-refractivity contribution in [3.8, 4) is 0 Å². The minimum Gasteiger partial charge on any atom is -1.00 e. The summed E-state index contributed by atoms with van der Waals surface area (Å²) in [6.45, 7) is 7.44. The molecule has 0 heterocycles. The van der Waals surface area contributed by atoms with Crippen molar-refractivity contribution in [1.82, 2.24) is 4.72 Å². The summed E-state index contributed by atoms with van der Waals surface area (Å²) in [7, 11) is -3.07. The third kappa shape index (κ3) is 5.74. The van der Waals surface area contributed by atoms with Crippen LogP contribution in [0.2, 0.25) is 0 Å². The van der Waals surface area contributed by atoms with E-state index < -0.39 is 10.0 Å². The fourth-order valence-corrected chi connectivity index (χ4v) is 2.10. The van der Waals surface area contributed by atoms with E-state index in [-0.39, 0.29) is 31.6 Å². The van der Waals surface area contributed by atoms with Crippen molar-refractivity contribution < 1.29 is 28.7 Å². The topological polar surface area (TPSA) is 46.2 Å². The molecule has 0 rings (SSSR count). The first-order valence-electron chi connectivity index (χ1n) is 4.45. The largest absolute Gasteiger partial charge is 1.00 e. The second-order valence-corrected chi connectivity index (χ2v) is 5.32. The van der Waals surface area contributed by atoms with Gasteiger partial charge < -0.3 is 1.43 Å². The van der Waals surface area contributed by atoms with Gasteiger partial charge in [0.05, 0.1) is 5.25 Å². The van der Waals surface area contributed by atoms with E-state index in [1.807, 2.05) is 20.8 Å². The molecule has 0 aromatic carbocycles. The minimum absolute atomic E-state index is 0. The van der Waals surface area contributed by atoms with E-state index in [0.717, 1.165) is 6.42 Å². The van der Waals surface area contributed by atoms with Gasteiger partial charge in [0.15, 0.2) is 0 Å². The molecule has 13 heavy (non-hydrogen) atoms. The van der Waals surface area contributed by atoms with E-state index >= 15 is 0 Å². The van der Waals surface area contributed by atoms with Gasteiger partial charge in [-0.1, -0.05) is 13.8 Å². The number of rotatable bonds is 5. The van der Waals surface area contributed by atoms with Crippen LogP contribution in [0.15, 0.2) is 0 Å². The first-order valence-corrected chi connectivity index (χ1v) is 5.99. The van der Waals surface area contributed by atoms with Crippen molar-refractivity contribution in [1.29, 1.82) is 0 Å². The molecule has 0 amide bonds. The number of hydrogen-bond acceptors (Lipinski definition) is 2. The summed E-state index contributed by atoms with van der Waals surface area (Å²) < 4.78 is 25.5. The van der Waals surface area contributed by atoms with Crippen molar-refractivity contribution >= 4 is 10.0 Å². The van der Waals surface area contributed by atoms with Crippen molar-refractivity contribution in [2.75, 3.05) is 0 Å². The average Bonchev–Trinajstić information content (AvgIpc) is 2.02. The van der Waals surface area contributed by atoms with Gasteiger partial charge in [-0.3, -0.25) is 0 Å². The van der Waals surface area contributed by atoms with Crippen LogP contribution in [0.3, 0.4) is 0 Å². The molecule has 1 N–H and O–H groups in total. The summed E-state index contributed by atoms with van der Waals surface area (Å²) in [5.41, 5.74) is 0. The molecule has 76 valence electrons. The van der Waals surface area contributed by atoms with Gasteiger partial charge in [-0.2, -0.15) is 0 Å². The number of nitrogens with one attached hydrogen (secondary N) is 1. The summed E-state index contributed by atoms with van der Waals surface area (Å²) in [5.74, 6) is 0. The van der Waals surface area contributed by atoms with Crippen LogP contribution in [0.4, 0.5) is 0 Å². The van der Waals surface area contributed by atoms with E-state index in [2.05, 4.69) is 4.72 Å². The predicted octanol–water partition coefficient (Wildman–Crippen LogP) is -1.38. The predicted molar refractivity (Wildman–Crippen MR) is 52.7 cm³/mol. The monoisotopic (exact) mass is 201 g/mol. The van der Waals surface area contributed by atoms with Gasteiger partial charge in [0.25, 0.3) is 0 Å². The van der Waals surface area contributed by atoms with E-state index in [1.54, 1.807) is 6.92 Å². The Morgan fingerprint density at radius 2 is 1.69 bits per heavy atom. The Bertz CT molecular complexity index is 221. The molecular formula is C8H20LiNO2S. The molecule has 0 bridgehead atoms. The minimum atomic E-state index is -3.07. The van der Waals surface area contributed by atoms with Gasteiger partial charge >= 0.3 is 18.9 Å². The van der Waals surface area contributed by atoms with Gasteiger partial charge in [0, 0.05) is 6.04 Å². The van der Waals surface area contributed by atoms with Crippen LogP contribution in [0.1, 0.15) is 42.0 Å². The van der Waals surface area contributed by atoms with Crippen LogP contribution in [-0.4, -0.2) is 19.7 Å². The summed E-state index contributed by atoms with van der Waals surface area (Å²) in [4.78, 5) is 0. The van der Waals surface area contributed by atoms with E-state index in [0.29, 0.717) is 6.42 Å². The smallest absolute Gasteiger partial charge is 1.00 e.